The third-order valence-electron chi connectivity index (χ3n) is 3.71. The van der Waals surface area contributed by atoms with Crippen LogP contribution in [0.25, 0.3) is 0 Å². The zero-order valence-corrected chi connectivity index (χ0v) is 14.6. The molecule has 2 rings (SSSR count). The Morgan fingerprint density at radius 2 is 2.00 bits per heavy atom. The summed E-state index contributed by atoms with van der Waals surface area (Å²) in [5, 5.41) is 23.0. The molecule has 0 aliphatic heterocycles. The molecule has 0 bridgehead atoms. The molecule has 0 radical (unpaired) electrons. The van der Waals surface area contributed by atoms with Crippen molar-refractivity contribution in [3.05, 3.63) is 65.1 Å². The van der Waals surface area contributed by atoms with Gasteiger partial charge in [0.1, 0.15) is 5.75 Å². The molecule has 2 aromatic carbocycles. The fraction of sp³-hybridized carbons (Fsp3) is 0.316. The Labute approximate surface area is 161 Å². The van der Waals surface area contributed by atoms with Gasteiger partial charge in [-0.2, -0.15) is 0 Å². The topological polar surface area (TPSA) is 95.6 Å². The molecule has 0 saturated carbocycles. The lowest BCUT2D eigenvalue weighted by atomic mass is 10.0. The highest BCUT2D eigenvalue weighted by Gasteiger charge is 2.14. The Bertz CT molecular complexity index is 901. The van der Waals surface area contributed by atoms with Gasteiger partial charge in [-0.3, -0.25) is 4.79 Å². The van der Waals surface area contributed by atoms with E-state index in [2.05, 4.69) is 5.32 Å². The number of nitrogens with two attached hydrogens (primary N) is 1. The largest absolute Gasteiger partial charge is 0.507 e. The fourth-order valence-electron chi connectivity index (χ4n) is 2.25. The molecule has 0 aromatic heterocycles. The molecule has 136 valence electrons. The average molecular weight is 370 g/mol. The molecule has 25 heavy (non-hydrogen) atoms. The maximum Gasteiger partial charge on any atom is 0.252 e. The number of hydrogen-bond acceptors (Lipinski definition) is 4. The number of aliphatic hydroxyl groups excluding tert-OH is 1. The first kappa shape index (κ1) is 14.1. The second kappa shape index (κ2) is 10.0. The van der Waals surface area contributed by atoms with Gasteiger partial charge in [0.05, 0.1) is 18.5 Å². The van der Waals surface area contributed by atoms with E-state index >= 15 is 0 Å². The zero-order valence-electron chi connectivity index (χ0n) is 18.8. The Morgan fingerprint density at radius 1 is 1.32 bits per heavy atom. The number of aliphatic hydroxyl groups is 1. The predicted octanol–water partition coefficient (Wildman–Crippen LogP) is 2.56. The molecule has 0 heterocycles. The van der Waals surface area contributed by atoms with Crippen LogP contribution in [0.1, 0.15) is 47.8 Å². The van der Waals surface area contributed by atoms with Gasteiger partial charge in [-0.25, -0.2) is 0 Å². The summed E-state index contributed by atoms with van der Waals surface area (Å²) in [6, 6.07) is 2.48. The smallest absolute Gasteiger partial charge is 0.252 e. The second-order valence-electron chi connectivity index (χ2n) is 5.61. The number of nitrogens with one attached hydrogen (secondary N) is 1. The lowest BCUT2D eigenvalue weighted by Gasteiger charge is -2.18. The van der Waals surface area contributed by atoms with Crippen molar-refractivity contribution in [2.24, 2.45) is 5.73 Å². The number of benzene rings is 2. The normalized spacial score (nSPS) is 15.7. The van der Waals surface area contributed by atoms with Crippen LogP contribution >= 0.6 is 12.4 Å². The first-order chi connectivity index (χ1) is 13.5. The molecular formula is C19H25ClN2O3. The number of carbonyl (C=O) groups is 1. The number of hydrogen-bond donors (Lipinski definition) is 4. The minimum Gasteiger partial charge on any atom is -0.507 e. The van der Waals surface area contributed by atoms with Crippen LogP contribution in [0.3, 0.4) is 0 Å². The van der Waals surface area contributed by atoms with Crippen molar-refractivity contribution < 1.29 is 21.9 Å². The van der Waals surface area contributed by atoms with Crippen LogP contribution in [0, 0.1) is 0 Å². The van der Waals surface area contributed by atoms with Crippen LogP contribution in [0.15, 0.2) is 48.4 Å². The Kier molecular flexibility index (Phi) is 5.67. The van der Waals surface area contributed by atoms with Gasteiger partial charge in [-0.15, -0.1) is 12.4 Å². The van der Waals surface area contributed by atoms with Crippen LogP contribution in [0.2, 0.25) is 0 Å². The zero-order chi connectivity index (χ0) is 21.9. The number of rotatable bonds is 8. The summed E-state index contributed by atoms with van der Waals surface area (Å²) >= 11 is 0. The highest BCUT2D eigenvalue weighted by molar-refractivity contribution is 5.95. The monoisotopic (exact) mass is 369 g/mol. The molecule has 6 heteroatoms. The molecule has 0 fully saturated rings. The van der Waals surface area contributed by atoms with E-state index in [1.165, 1.54) is 18.2 Å². The van der Waals surface area contributed by atoms with Gasteiger partial charge in [0.2, 0.25) is 0 Å². The third kappa shape index (κ3) is 6.38. The SMILES string of the molecule is Cl.[2H]c1c([2H])c([2H])c(CCC(C)NCC(O)c2ccc(O)c(C(N)=O)c2)c([2H])c1[2H]. The van der Waals surface area contributed by atoms with Crippen LogP contribution < -0.4 is 11.1 Å². The van der Waals surface area contributed by atoms with Crippen molar-refractivity contribution in [1.82, 2.24) is 5.32 Å². The van der Waals surface area contributed by atoms with E-state index < -0.39 is 18.1 Å². The maximum absolute atomic E-state index is 11.3. The lowest BCUT2D eigenvalue weighted by Crippen LogP contribution is -2.31. The average Bonchev–Trinajstić information content (AvgIpc) is 2.69. The van der Waals surface area contributed by atoms with E-state index in [0.717, 1.165) is 0 Å². The van der Waals surface area contributed by atoms with Crippen molar-refractivity contribution in [2.45, 2.75) is 31.9 Å². The fourth-order valence-corrected chi connectivity index (χ4v) is 2.25. The summed E-state index contributed by atoms with van der Waals surface area (Å²) in [5.74, 6) is -1.05. The van der Waals surface area contributed by atoms with Crippen molar-refractivity contribution >= 4 is 18.3 Å². The van der Waals surface area contributed by atoms with Crippen molar-refractivity contribution in [2.75, 3.05) is 6.54 Å². The van der Waals surface area contributed by atoms with E-state index in [1.807, 2.05) is 6.92 Å². The Balaban J connectivity index is 0.00000450. The summed E-state index contributed by atoms with van der Waals surface area (Å²) in [6.07, 6.45) is -0.176. The Morgan fingerprint density at radius 3 is 2.64 bits per heavy atom. The van der Waals surface area contributed by atoms with Gasteiger partial charge >= 0.3 is 0 Å². The molecule has 1 amide bonds. The summed E-state index contributed by atoms with van der Waals surface area (Å²) < 4.78 is 38.9. The molecule has 2 atom stereocenters. The summed E-state index contributed by atoms with van der Waals surface area (Å²) in [7, 11) is 0. The van der Waals surface area contributed by atoms with Gasteiger partial charge < -0.3 is 21.3 Å². The van der Waals surface area contributed by atoms with Gasteiger partial charge in [-0.05, 0) is 43.0 Å². The highest BCUT2D eigenvalue weighted by atomic mass is 35.5. The van der Waals surface area contributed by atoms with Gasteiger partial charge in [-0.1, -0.05) is 36.3 Å². The predicted molar refractivity (Wildman–Crippen MR) is 101 cm³/mol. The standard InChI is InChI=1S/C19H24N2O3.ClH/c1-13(7-8-14-5-3-2-4-6-14)21-12-18(23)15-9-10-17(22)16(11-15)19(20)24;/h2-6,9-11,13,18,21-23H,7-8,12H2,1H3,(H2,20,24);1H/i2D,3D,4D,5D,6D;. The van der Waals surface area contributed by atoms with E-state index in [-0.39, 0.29) is 72.5 Å². The molecule has 0 spiro atoms. The third-order valence-corrected chi connectivity index (χ3v) is 3.71. The number of carbonyl (C=O) groups excluding carboxylic acids is 1. The molecule has 0 aliphatic carbocycles. The molecular weight excluding hydrogens is 340 g/mol. The quantitative estimate of drug-likeness (QED) is 0.575. The van der Waals surface area contributed by atoms with Crippen molar-refractivity contribution in [3.8, 4) is 5.75 Å². The van der Waals surface area contributed by atoms with Gasteiger partial charge in [0.15, 0.2) is 0 Å². The molecule has 2 aromatic rings. The highest BCUT2D eigenvalue weighted by Crippen LogP contribution is 2.22. The second-order valence-corrected chi connectivity index (χ2v) is 5.61. The van der Waals surface area contributed by atoms with E-state index in [9.17, 15) is 15.0 Å². The van der Waals surface area contributed by atoms with Crippen LogP contribution in [0.4, 0.5) is 0 Å². The molecule has 5 N–H and O–H groups in total. The van der Waals surface area contributed by atoms with Gasteiger partial charge in [0.25, 0.3) is 5.91 Å². The van der Waals surface area contributed by atoms with Crippen LogP contribution in [-0.4, -0.2) is 28.7 Å². The first-order valence-electron chi connectivity index (χ1n) is 10.1. The van der Waals surface area contributed by atoms with Crippen LogP contribution in [0.5, 0.6) is 5.75 Å². The Hall–Kier alpha value is -2.08. The van der Waals surface area contributed by atoms with Crippen molar-refractivity contribution in [1.29, 1.82) is 0 Å². The van der Waals surface area contributed by atoms with Crippen molar-refractivity contribution in [3.63, 3.8) is 0 Å². The van der Waals surface area contributed by atoms with E-state index in [1.54, 1.807) is 0 Å². The van der Waals surface area contributed by atoms with E-state index in [4.69, 9.17) is 12.6 Å². The minimum atomic E-state index is -0.947. The minimum absolute atomic E-state index is 0. The number of phenols is 1. The summed E-state index contributed by atoms with van der Waals surface area (Å²) in [4.78, 5) is 11.3. The van der Waals surface area contributed by atoms with Gasteiger partial charge in [0, 0.05) is 12.6 Å². The molecule has 0 saturated heterocycles. The number of primary amides is 1. The summed E-state index contributed by atoms with van der Waals surface area (Å²) in [6.45, 7) is 2.01. The molecule has 5 nitrogen and oxygen atoms in total. The van der Waals surface area contributed by atoms with E-state index in [0.29, 0.717) is 12.0 Å². The van der Waals surface area contributed by atoms with Crippen LogP contribution in [-0.2, 0) is 6.42 Å². The summed E-state index contributed by atoms with van der Waals surface area (Å²) in [5.41, 5.74) is 5.79. The lowest BCUT2D eigenvalue weighted by molar-refractivity contribution is 0.0997. The first-order valence-corrected chi connectivity index (χ1v) is 7.64. The maximum atomic E-state index is 11.3. The number of aromatic hydroxyl groups is 1. The number of amides is 1. The molecule has 0 aliphatic rings. The number of halogens is 1. The molecule has 2 unspecified atom stereocenters.